The molecule has 0 unspecified atom stereocenters. The lowest BCUT2D eigenvalue weighted by Crippen LogP contribution is -2.29. The Bertz CT molecular complexity index is 452. The Labute approximate surface area is 140 Å². The van der Waals surface area contributed by atoms with E-state index in [0.717, 1.165) is 31.9 Å². The molecule has 4 nitrogen and oxygen atoms in total. The minimum Gasteiger partial charge on any atom is -0.372 e. The Morgan fingerprint density at radius 1 is 1.04 bits per heavy atom. The molecule has 1 amide bonds. The van der Waals surface area contributed by atoms with Crippen LogP contribution in [0.25, 0.3) is 0 Å². The summed E-state index contributed by atoms with van der Waals surface area (Å²) < 4.78 is 0. The first kappa shape index (κ1) is 17.8. The number of rotatable bonds is 9. The number of carbonyl (C=O) groups excluding carboxylic acids is 1. The number of hydrogen-bond acceptors (Lipinski definition) is 3. The van der Waals surface area contributed by atoms with Crippen LogP contribution in [0.1, 0.15) is 51.9 Å². The van der Waals surface area contributed by atoms with E-state index in [0.29, 0.717) is 6.42 Å². The van der Waals surface area contributed by atoms with E-state index in [1.54, 1.807) is 0 Å². The molecule has 0 aromatic heterocycles. The number of benzene rings is 1. The van der Waals surface area contributed by atoms with Gasteiger partial charge in [0.25, 0.3) is 0 Å². The summed E-state index contributed by atoms with van der Waals surface area (Å²) in [5.41, 5.74) is 2.15. The predicted molar refractivity (Wildman–Crippen MR) is 98.1 cm³/mol. The summed E-state index contributed by atoms with van der Waals surface area (Å²) in [7, 11) is 0. The van der Waals surface area contributed by atoms with Gasteiger partial charge < -0.3 is 15.5 Å². The third kappa shape index (κ3) is 6.61. The maximum atomic E-state index is 11.9. The lowest BCUT2D eigenvalue weighted by atomic mass is 10.1. The van der Waals surface area contributed by atoms with Crippen LogP contribution in [0.15, 0.2) is 24.3 Å². The Hall–Kier alpha value is -1.55. The van der Waals surface area contributed by atoms with Gasteiger partial charge in [0, 0.05) is 37.4 Å². The Morgan fingerprint density at radius 2 is 1.78 bits per heavy atom. The van der Waals surface area contributed by atoms with Crippen molar-refractivity contribution in [2.75, 3.05) is 36.4 Å². The second-order valence-corrected chi connectivity index (χ2v) is 6.35. The van der Waals surface area contributed by atoms with Crippen LogP contribution in [-0.4, -0.2) is 32.1 Å². The molecular weight excluding hydrogens is 286 g/mol. The molecule has 4 heteroatoms. The van der Waals surface area contributed by atoms with Crippen LogP contribution in [0, 0.1) is 0 Å². The van der Waals surface area contributed by atoms with E-state index in [2.05, 4.69) is 34.6 Å². The quantitative estimate of drug-likeness (QED) is 0.681. The van der Waals surface area contributed by atoms with Gasteiger partial charge in [-0.25, -0.2) is 0 Å². The molecule has 2 N–H and O–H groups in total. The van der Waals surface area contributed by atoms with Gasteiger partial charge in [-0.1, -0.05) is 19.8 Å². The van der Waals surface area contributed by atoms with Gasteiger partial charge in [-0.05, 0) is 56.5 Å². The number of amides is 1. The fourth-order valence-corrected chi connectivity index (χ4v) is 2.96. The summed E-state index contributed by atoms with van der Waals surface area (Å²) in [5, 5.41) is 6.30. The van der Waals surface area contributed by atoms with Crippen molar-refractivity contribution in [1.82, 2.24) is 5.32 Å². The zero-order chi connectivity index (χ0) is 16.3. The minimum absolute atomic E-state index is 0.0821. The van der Waals surface area contributed by atoms with E-state index in [9.17, 15) is 4.79 Å². The maximum absolute atomic E-state index is 11.9. The maximum Gasteiger partial charge on any atom is 0.225 e. The van der Waals surface area contributed by atoms with Crippen molar-refractivity contribution in [2.24, 2.45) is 0 Å². The van der Waals surface area contributed by atoms with Gasteiger partial charge in [-0.2, -0.15) is 0 Å². The highest BCUT2D eigenvalue weighted by Crippen LogP contribution is 2.21. The smallest absolute Gasteiger partial charge is 0.225 e. The molecule has 0 aliphatic carbocycles. The van der Waals surface area contributed by atoms with Crippen LogP contribution in [0.5, 0.6) is 0 Å². The summed E-state index contributed by atoms with van der Waals surface area (Å²) in [5.74, 6) is 0.0821. The molecule has 1 aliphatic rings. The molecule has 1 aromatic rings. The molecule has 2 rings (SSSR count). The van der Waals surface area contributed by atoms with Crippen molar-refractivity contribution >= 4 is 17.3 Å². The summed E-state index contributed by atoms with van der Waals surface area (Å²) >= 11 is 0. The van der Waals surface area contributed by atoms with Crippen molar-refractivity contribution in [1.29, 1.82) is 0 Å². The van der Waals surface area contributed by atoms with Crippen molar-refractivity contribution < 1.29 is 4.79 Å². The van der Waals surface area contributed by atoms with Gasteiger partial charge >= 0.3 is 0 Å². The highest BCUT2D eigenvalue weighted by atomic mass is 16.1. The molecule has 1 heterocycles. The van der Waals surface area contributed by atoms with Crippen LogP contribution in [-0.2, 0) is 4.79 Å². The highest BCUT2D eigenvalue weighted by molar-refractivity contribution is 5.91. The fraction of sp³-hybridized carbons (Fsp3) is 0.632. The number of hydrogen-bond donors (Lipinski definition) is 2. The van der Waals surface area contributed by atoms with Gasteiger partial charge in [0.1, 0.15) is 0 Å². The van der Waals surface area contributed by atoms with Crippen LogP contribution in [0.4, 0.5) is 11.4 Å². The second-order valence-electron chi connectivity index (χ2n) is 6.35. The van der Waals surface area contributed by atoms with Crippen molar-refractivity contribution in [3.05, 3.63) is 24.3 Å². The normalized spacial score (nSPS) is 14.7. The van der Waals surface area contributed by atoms with Crippen LogP contribution < -0.4 is 15.5 Å². The summed E-state index contributed by atoms with van der Waals surface area (Å²) in [6.45, 7) is 6.25. The Kier molecular flexibility index (Phi) is 7.95. The first-order valence-electron chi connectivity index (χ1n) is 9.15. The van der Waals surface area contributed by atoms with E-state index < -0.39 is 0 Å². The SMILES string of the molecule is CCCCCNCCC(=O)Nc1ccc(N2CCCCC2)cc1. The molecule has 1 saturated heterocycles. The molecule has 0 saturated carbocycles. The average molecular weight is 317 g/mol. The molecule has 1 aromatic carbocycles. The molecule has 0 atom stereocenters. The molecule has 0 spiro atoms. The van der Waals surface area contributed by atoms with Crippen LogP contribution in [0.3, 0.4) is 0 Å². The van der Waals surface area contributed by atoms with Crippen molar-refractivity contribution in [2.45, 2.75) is 51.9 Å². The molecule has 0 bridgehead atoms. The number of piperidine rings is 1. The second kappa shape index (κ2) is 10.3. The predicted octanol–water partition coefficient (Wildman–Crippen LogP) is 3.79. The summed E-state index contributed by atoms with van der Waals surface area (Å²) in [6.07, 6.45) is 8.11. The number of nitrogens with one attached hydrogen (secondary N) is 2. The molecule has 0 radical (unpaired) electrons. The molecular formula is C19H31N3O. The van der Waals surface area contributed by atoms with Crippen LogP contribution >= 0.6 is 0 Å². The van der Waals surface area contributed by atoms with Crippen molar-refractivity contribution in [3.63, 3.8) is 0 Å². The third-order valence-corrected chi connectivity index (χ3v) is 4.36. The molecule has 23 heavy (non-hydrogen) atoms. The largest absolute Gasteiger partial charge is 0.372 e. The first-order valence-corrected chi connectivity index (χ1v) is 9.15. The highest BCUT2D eigenvalue weighted by Gasteiger charge is 2.10. The van der Waals surface area contributed by atoms with E-state index in [1.807, 2.05) is 12.1 Å². The van der Waals surface area contributed by atoms with E-state index in [4.69, 9.17) is 0 Å². The number of carbonyl (C=O) groups is 1. The molecule has 1 fully saturated rings. The Balaban J connectivity index is 1.67. The van der Waals surface area contributed by atoms with Crippen molar-refractivity contribution in [3.8, 4) is 0 Å². The van der Waals surface area contributed by atoms with Gasteiger partial charge in [0.05, 0.1) is 0 Å². The van der Waals surface area contributed by atoms with E-state index >= 15 is 0 Å². The number of unbranched alkanes of at least 4 members (excludes halogenated alkanes) is 2. The monoisotopic (exact) mass is 317 g/mol. The zero-order valence-corrected chi connectivity index (χ0v) is 14.4. The summed E-state index contributed by atoms with van der Waals surface area (Å²) in [6, 6.07) is 8.25. The topological polar surface area (TPSA) is 44.4 Å². The average Bonchev–Trinajstić information content (AvgIpc) is 2.59. The third-order valence-electron chi connectivity index (χ3n) is 4.36. The van der Waals surface area contributed by atoms with Gasteiger partial charge in [-0.3, -0.25) is 4.79 Å². The first-order chi connectivity index (χ1) is 11.3. The lowest BCUT2D eigenvalue weighted by molar-refractivity contribution is -0.116. The van der Waals surface area contributed by atoms with E-state index in [-0.39, 0.29) is 5.91 Å². The Morgan fingerprint density at radius 3 is 2.48 bits per heavy atom. The zero-order valence-electron chi connectivity index (χ0n) is 14.4. The standard InChI is InChI=1S/C19H31N3O/c1-2-3-5-13-20-14-12-19(23)21-17-8-10-18(11-9-17)22-15-6-4-7-16-22/h8-11,20H,2-7,12-16H2,1H3,(H,21,23). The lowest BCUT2D eigenvalue weighted by Gasteiger charge is -2.28. The number of nitrogens with zero attached hydrogens (tertiary/aromatic N) is 1. The van der Waals surface area contributed by atoms with Gasteiger partial charge in [0.15, 0.2) is 0 Å². The van der Waals surface area contributed by atoms with Gasteiger partial charge in [0.2, 0.25) is 5.91 Å². The molecule has 1 aliphatic heterocycles. The van der Waals surface area contributed by atoms with E-state index in [1.165, 1.54) is 44.2 Å². The fourth-order valence-electron chi connectivity index (χ4n) is 2.96. The number of anilines is 2. The van der Waals surface area contributed by atoms with Gasteiger partial charge in [-0.15, -0.1) is 0 Å². The summed E-state index contributed by atoms with van der Waals surface area (Å²) in [4.78, 5) is 14.4. The minimum atomic E-state index is 0.0821. The van der Waals surface area contributed by atoms with Crippen LogP contribution in [0.2, 0.25) is 0 Å². The molecule has 128 valence electrons.